The predicted molar refractivity (Wildman–Crippen MR) is 60.2 cm³/mol. The Morgan fingerprint density at radius 1 is 1.53 bits per heavy atom. The van der Waals surface area contributed by atoms with Gasteiger partial charge in [-0.2, -0.15) is 0 Å². The monoisotopic (exact) mass is 258 g/mol. The first kappa shape index (κ1) is 11.9. The average molecular weight is 259 g/mol. The summed E-state index contributed by atoms with van der Waals surface area (Å²) in [5, 5.41) is 18.5. The lowest BCUT2D eigenvalue weighted by molar-refractivity contribution is 0.131. The fraction of sp³-hybridized carbons (Fsp3) is 0.400. The van der Waals surface area contributed by atoms with Crippen LogP contribution in [0.15, 0.2) is 17.2 Å². The van der Waals surface area contributed by atoms with E-state index in [1.807, 2.05) is 0 Å². The molecular formula is C10H11ClN2O4. The van der Waals surface area contributed by atoms with Crippen molar-refractivity contribution in [2.75, 3.05) is 6.54 Å². The van der Waals surface area contributed by atoms with Crippen molar-refractivity contribution in [3.05, 3.63) is 33.2 Å². The zero-order valence-corrected chi connectivity index (χ0v) is 9.52. The van der Waals surface area contributed by atoms with E-state index in [1.165, 1.54) is 12.4 Å². The number of β-amino-alcohol motifs (C(OH)–C–C–N with tert-alkyl or cyclic N) is 1. The van der Waals surface area contributed by atoms with Crippen LogP contribution in [0, 0.1) is 0 Å². The van der Waals surface area contributed by atoms with Crippen LogP contribution in [0.2, 0.25) is 5.02 Å². The summed E-state index contributed by atoms with van der Waals surface area (Å²) >= 11 is 5.68. The first-order valence-corrected chi connectivity index (χ1v) is 5.42. The van der Waals surface area contributed by atoms with Gasteiger partial charge in [-0.25, -0.2) is 4.79 Å². The summed E-state index contributed by atoms with van der Waals surface area (Å²) in [5.74, 6) is 0. The van der Waals surface area contributed by atoms with E-state index >= 15 is 0 Å². The molecule has 1 aliphatic heterocycles. The Balaban J connectivity index is 2.42. The van der Waals surface area contributed by atoms with Gasteiger partial charge in [0.15, 0.2) is 0 Å². The van der Waals surface area contributed by atoms with Crippen molar-refractivity contribution in [2.45, 2.75) is 18.6 Å². The first-order chi connectivity index (χ1) is 8.00. The van der Waals surface area contributed by atoms with E-state index in [0.717, 1.165) is 4.90 Å². The van der Waals surface area contributed by atoms with E-state index in [1.54, 1.807) is 0 Å². The van der Waals surface area contributed by atoms with Crippen molar-refractivity contribution >= 4 is 17.7 Å². The number of hydrogen-bond donors (Lipinski definition) is 3. The zero-order chi connectivity index (χ0) is 12.6. The number of nitrogens with zero attached hydrogens (tertiary/aromatic N) is 1. The van der Waals surface area contributed by atoms with Crippen molar-refractivity contribution in [1.29, 1.82) is 0 Å². The molecular weight excluding hydrogens is 248 g/mol. The van der Waals surface area contributed by atoms with Gasteiger partial charge in [0, 0.05) is 18.0 Å². The summed E-state index contributed by atoms with van der Waals surface area (Å²) in [7, 11) is 0. The van der Waals surface area contributed by atoms with Crippen LogP contribution in [0.25, 0.3) is 0 Å². The Hall–Kier alpha value is -1.53. The molecule has 1 amide bonds. The average Bonchev–Trinajstić information content (AvgIpc) is 2.64. The maximum atomic E-state index is 11.8. The quantitative estimate of drug-likeness (QED) is 0.695. The molecule has 2 atom stereocenters. The van der Waals surface area contributed by atoms with Crippen LogP contribution in [-0.2, 0) is 0 Å². The maximum Gasteiger partial charge on any atom is 0.407 e. The highest BCUT2D eigenvalue weighted by atomic mass is 35.5. The van der Waals surface area contributed by atoms with Gasteiger partial charge in [0.25, 0.3) is 0 Å². The molecule has 2 heterocycles. The number of rotatable bonds is 1. The molecule has 0 bridgehead atoms. The Kier molecular flexibility index (Phi) is 3.08. The van der Waals surface area contributed by atoms with Gasteiger partial charge in [-0.05, 0) is 6.42 Å². The van der Waals surface area contributed by atoms with E-state index in [-0.39, 0.29) is 23.6 Å². The lowest BCUT2D eigenvalue weighted by Crippen LogP contribution is -2.32. The molecule has 92 valence electrons. The highest BCUT2D eigenvalue weighted by Crippen LogP contribution is 2.30. The molecule has 7 heteroatoms. The van der Waals surface area contributed by atoms with Gasteiger partial charge in [-0.15, -0.1) is 0 Å². The molecule has 17 heavy (non-hydrogen) atoms. The van der Waals surface area contributed by atoms with Gasteiger partial charge in [-0.1, -0.05) is 11.6 Å². The lowest BCUT2D eigenvalue weighted by atomic mass is 10.1. The molecule has 0 aliphatic carbocycles. The standard InChI is InChI=1S/C10H11ClN2O4/c11-7-3-12-2-6(9(7)15)8-1-5(14)4-13(8)10(16)17/h2-3,5,8,14H,1,4H2,(H,12,15)(H,16,17)/t5-,8+/m1/s1. The minimum Gasteiger partial charge on any atom is -0.465 e. The molecule has 1 aromatic heterocycles. The summed E-state index contributed by atoms with van der Waals surface area (Å²) in [6.07, 6.45) is 1.05. The van der Waals surface area contributed by atoms with Crippen LogP contribution in [-0.4, -0.2) is 38.8 Å². The van der Waals surface area contributed by atoms with Crippen molar-refractivity contribution in [3.63, 3.8) is 0 Å². The summed E-state index contributed by atoms with van der Waals surface area (Å²) in [5.41, 5.74) is -0.146. The van der Waals surface area contributed by atoms with E-state index < -0.39 is 23.7 Å². The smallest absolute Gasteiger partial charge is 0.407 e. The predicted octanol–water partition coefficient (Wildman–Crippen LogP) is 0.814. The van der Waals surface area contributed by atoms with Gasteiger partial charge in [0.2, 0.25) is 5.43 Å². The summed E-state index contributed by atoms with van der Waals surface area (Å²) < 4.78 is 0. The Labute approximate surface area is 101 Å². The molecule has 0 radical (unpaired) electrons. The van der Waals surface area contributed by atoms with Crippen molar-refractivity contribution in [2.24, 2.45) is 0 Å². The highest BCUT2D eigenvalue weighted by molar-refractivity contribution is 6.30. The molecule has 6 nitrogen and oxygen atoms in total. The summed E-state index contributed by atoms with van der Waals surface area (Å²) in [6.45, 7) is 0.00591. The molecule has 0 aromatic carbocycles. The number of nitrogens with one attached hydrogen (secondary N) is 1. The number of carbonyl (C=O) groups is 1. The van der Waals surface area contributed by atoms with E-state index in [2.05, 4.69) is 4.98 Å². The highest BCUT2D eigenvalue weighted by Gasteiger charge is 2.36. The van der Waals surface area contributed by atoms with Gasteiger partial charge in [0.05, 0.1) is 18.7 Å². The number of pyridine rings is 1. The van der Waals surface area contributed by atoms with E-state index in [0.29, 0.717) is 0 Å². The SMILES string of the molecule is O=C(O)N1C[C@H](O)C[C@H]1c1c[nH]cc(Cl)c1=O. The Morgan fingerprint density at radius 3 is 2.88 bits per heavy atom. The third-order valence-electron chi connectivity index (χ3n) is 2.81. The fourth-order valence-electron chi connectivity index (χ4n) is 2.04. The van der Waals surface area contributed by atoms with Crippen LogP contribution in [0.3, 0.4) is 0 Å². The van der Waals surface area contributed by atoms with E-state index in [4.69, 9.17) is 16.7 Å². The van der Waals surface area contributed by atoms with Crippen LogP contribution in [0.5, 0.6) is 0 Å². The number of aromatic amines is 1. The Bertz CT molecular complexity index is 501. The molecule has 0 spiro atoms. The van der Waals surface area contributed by atoms with Gasteiger partial charge in [0.1, 0.15) is 5.02 Å². The largest absolute Gasteiger partial charge is 0.465 e. The molecule has 1 fully saturated rings. The zero-order valence-electron chi connectivity index (χ0n) is 8.76. The number of halogens is 1. The number of amides is 1. The number of H-pyrrole nitrogens is 1. The van der Waals surface area contributed by atoms with Crippen LogP contribution in [0.1, 0.15) is 18.0 Å². The van der Waals surface area contributed by atoms with Crippen LogP contribution >= 0.6 is 11.6 Å². The fourth-order valence-corrected chi connectivity index (χ4v) is 2.21. The third-order valence-corrected chi connectivity index (χ3v) is 3.09. The van der Waals surface area contributed by atoms with Gasteiger partial charge in [-0.3, -0.25) is 9.69 Å². The Morgan fingerprint density at radius 2 is 2.24 bits per heavy atom. The number of likely N-dealkylation sites (tertiary alicyclic amines) is 1. The molecule has 0 saturated carbocycles. The second-order valence-electron chi connectivity index (χ2n) is 3.93. The number of aromatic nitrogens is 1. The minimum absolute atomic E-state index is 0.00591. The molecule has 1 aliphatic rings. The molecule has 1 saturated heterocycles. The van der Waals surface area contributed by atoms with Gasteiger partial charge < -0.3 is 15.2 Å². The number of aliphatic hydroxyl groups is 1. The minimum atomic E-state index is -1.16. The van der Waals surface area contributed by atoms with Crippen LogP contribution in [0.4, 0.5) is 4.79 Å². The topological polar surface area (TPSA) is 93.6 Å². The number of hydrogen-bond acceptors (Lipinski definition) is 3. The van der Waals surface area contributed by atoms with E-state index in [9.17, 15) is 14.7 Å². The molecule has 2 rings (SSSR count). The van der Waals surface area contributed by atoms with Crippen molar-refractivity contribution in [1.82, 2.24) is 9.88 Å². The molecule has 1 aromatic rings. The van der Waals surface area contributed by atoms with Crippen LogP contribution < -0.4 is 5.43 Å². The van der Waals surface area contributed by atoms with Crippen molar-refractivity contribution < 1.29 is 15.0 Å². The lowest BCUT2D eigenvalue weighted by Gasteiger charge is -2.20. The summed E-state index contributed by atoms with van der Waals surface area (Å²) in [4.78, 5) is 26.5. The second-order valence-corrected chi connectivity index (χ2v) is 4.34. The summed E-state index contributed by atoms with van der Waals surface area (Å²) in [6, 6.07) is -0.648. The molecule has 0 unspecified atom stereocenters. The van der Waals surface area contributed by atoms with Gasteiger partial charge >= 0.3 is 6.09 Å². The molecule has 3 N–H and O–H groups in total. The first-order valence-electron chi connectivity index (χ1n) is 5.05. The van der Waals surface area contributed by atoms with Crippen molar-refractivity contribution in [3.8, 4) is 0 Å². The second kappa shape index (κ2) is 4.38. The number of carboxylic acid groups (broad SMARTS) is 1. The maximum absolute atomic E-state index is 11.8. The normalized spacial score (nSPS) is 24.0. The third kappa shape index (κ3) is 2.13. The number of aliphatic hydroxyl groups excluding tert-OH is 1.